The normalized spacial score (nSPS) is 16.9. The molecule has 2 nitrogen and oxygen atoms in total. The molecule has 0 atom stereocenters. The number of amides is 1. The Balaban J connectivity index is 2.19. The largest absolute Gasteiger partial charge is 0.355 e. The van der Waals surface area contributed by atoms with Crippen LogP contribution in [0.5, 0.6) is 0 Å². The molecular weight excluding hydrogens is 289 g/mol. The summed E-state index contributed by atoms with van der Waals surface area (Å²) in [5, 5.41) is 3.65. The third-order valence-electron chi connectivity index (χ3n) is 3.03. The summed E-state index contributed by atoms with van der Waals surface area (Å²) in [7, 11) is 0. The summed E-state index contributed by atoms with van der Waals surface area (Å²) in [6.07, 6.45) is 2.18. The maximum Gasteiger partial charge on any atom is 0.216 e. The Kier molecular flexibility index (Phi) is 3.27. The fourth-order valence-electron chi connectivity index (χ4n) is 1.91. The van der Waals surface area contributed by atoms with E-state index in [1.165, 1.54) is 0 Å². The number of carbonyl (C=O) groups is 1. The van der Waals surface area contributed by atoms with E-state index >= 15 is 0 Å². The van der Waals surface area contributed by atoms with Gasteiger partial charge in [-0.1, -0.05) is 33.6 Å². The van der Waals surface area contributed by atoms with E-state index in [0.717, 1.165) is 27.9 Å². The molecule has 0 saturated heterocycles. The van der Waals surface area contributed by atoms with Crippen LogP contribution in [-0.2, 0) is 10.2 Å². The molecule has 0 spiro atoms. The van der Waals surface area contributed by atoms with Crippen LogP contribution in [0, 0.1) is 0 Å². The molecule has 0 aliphatic heterocycles. The molecule has 1 aromatic carbocycles. The molecule has 0 bridgehead atoms. The van der Waals surface area contributed by atoms with Crippen LogP contribution in [0.15, 0.2) is 22.7 Å². The standard InChI is InChI=1S/C12H13BrClNO/c1-8(16)15-7-12(4-5-12)10-3-2-9(13)6-11(10)14/h2-3,6H,4-5,7H2,1H3,(H,15,16). The molecule has 1 aliphatic rings. The van der Waals surface area contributed by atoms with Crippen LogP contribution in [-0.4, -0.2) is 12.5 Å². The van der Waals surface area contributed by atoms with Crippen LogP contribution in [0.25, 0.3) is 0 Å². The van der Waals surface area contributed by atoms with Crippen molar-refractivity contribution in [2.45, 2.75) is 25.2 Å². The van der Waals surface area contributed by atoms with E-state index in [1.54, 1.807) is 6.92 Å². The van der Waals surface area contributed by atoms with Gasteiger partial charge in [0, 0.05) is 28.4 Å². The molecule has 4 heteroatoms. The van der Waals surface area contributed by atoms with Gasteiger partial charge in [-0.25, -0.2) is 0 Å². The van der Waals surface area contributed by atoms with E-state index < -0.39 is 0 Å². The highest BCUT2D eigenvalue weighted by molar-refractivity contribution is 9.10. The number of carbonyl (C=O) groups excluding carboxylic acids is 1. The monoisotopic (exact) mass is 301 g/mol. The van der Waals surface area contributed by atoms with E-state index in [9.17, 15) is 4.79 Å². The third-order valence-corrected chi connectivity index (χ3v) is 3.84. The van der Waals surface area contributed by atoms with Crippen LogP contribution < -0.4 is 5.32 Å². The first-order valence-corrected chi connectivity index (χ1v) is 6.41. The Morgan fingerprint density at radius 1 is 1.56 bits per heavy atom. The van der Waals surface area contributed by atoms with Gasteiger partial charge < -0.3 is 5.32 Å². The first-order valence-electron chi connectivity index (χ1n) is 5.23. The molecule has 86 valence electrons. The van der Waals surface area contributed by atoms with Gasteiger partial charge in [0.1, 0.15) is 0 Å². The van der Waals surface area contributed by atoms with Crippen LogP contribution in [0.2, 0.25) is 5.02 Å². The summed E-state index contributed by atoms with van der Waals surface area (Å²) in [6, 6.07) is 5.95. The smallest absolute Gasteiger partial charge is 0.216 e. The zero-order chi connectivity index (χ0) is 11.8. The molecule has 0 heterocycles. The minimum Gasteiger partial charge on any atom is -0.355 e. The maximum atomic E-state index is 10.9. The van der Waals surface area contributed by atoms with Crippen molar-refractivity contribution in [2.24, 2.45) is 0 Å². The maximum absolute atomic E-state index is 10.9. The molecule has 1 aliphatic carbocycles. The fourth-order valence-corrected chi connectivity index (χ4v) is 2.78. The molecule has 0 unspecified atom stereocenters. The second-order valence-corrected chi connectivity index (χ2v) is 5.64. The van der Waals surface area contributed by atoms with Crippen molar-refractivity contribution in [3.8, 4) is 0 Å². The summed E-state index contributed by atoms with van der Waals surface area (Å²) < 4.78 is 0.983. The summed E-state index contributed by atoms with van der Waals surface area (Å²) in [5.74, 6) is 0.0134. The number of hydrogen-bond acceptors (Lipinski definition) is 1. The van der Waals surface area contributed by atoms with Gasteiger partial charge in [0.2, 0.25) is 5.91 Å². The third kappa shape index (κ3) is 2.41. The van der Waals surface area contributed by atoms with Crippen LogP contribution in [0.4, 0.5) is 0 Å². The van der Waals surface area contributed by atoms with Gasteiger partial charge in [-0.3, -0.25) is 4.79 Å². The van der Waals surface area contributed by atoms with Crippen molar-refractivity contribution in [3.05, 3.63) is 33.3 Å². The minimum atomic E-state index is 0.0134. The molecule has 1 saturated carbocycles. The predicted molar refractivity (Wildman–Crippen MR) is 68.7 cm³/mol. The molecule has 2 rings (SSSR count). The lowest BCUT2D eigenvalue weighted by molar-refractivity contribution is -0.119. The summed E-state index contributed by atoms with van der Waals surface area (Å²) in [6.45, 7) is 2.23. The Morgan fingerprint density at radius 2 is 2.25 bits per heavy atom. The van der Waals surface area contributed by atoms with E-state index in [2.05, 4.69) is 21.2 Å². The van der Waals surface area contributed by atoms with Crippen LogP contribution in [0.3, 0.4) is 0 Å². The van der Waals surface area contributed by atoms with Crippen molar-refractivity contribution in [1.29, 1.82) is 0 Å². The lowest BCUT2D eigenvalue weighted by Crippen LogP contribution is -2.30. The molecule has 0 radical (unpaired) electrons. The molecule has 1 fully saturated rings. The summed E-state index contributed by atoms with van der Waals surface area (Å²) in [4.78, 5) is 10.9. The highest BCUT2D eigenvalue weighted by Crippen LogP contribution is 2.50. The van der Waals surface area contributed by atoms with Crippen molar-refractivity contribution in [3.63, 3.8) is 0 Å². The van der Waals surface area contributed by atoms with Gasteiger partial charge in [0.15, 0.2) is 0 Å². The lowest BCUT2D eigenvalue weighted by atomic mass is 9.96. The molecule has 1 aromatic rings. The van der Waals surface area contributed by atoms with Gasteiger partial charge in [-0.05, 0) is 30.5 Å². The Morgan fingerprint density at radius 3 is 2.75 bits per heavy atom. The Bertz CT molecular complexity index is 429. The van der Waals surface area contributed by atoms with E-state index in [0.29, 0.717) is 6.54 Å². The van der Waals surface area contributed by atoms with Crippen molar-refractivity contribution < 1.29 is 4.79 Å². The summed E-state index contributed by atoms with van der Waals surface area (Å²) >= 11 is 9.62. The van der Waals surface area contributed by atoms with Gasteiger partial charge >= 0.3 is 0 Å². The zero-order valence-electron chi connectivity index (χ0n) is 9.02. The average molecular weight is 303 g/mol. The fraction of sp³-hybridized carbons (Fsp3) is 0.417. The topological polar surface area (TPSA) is 29.1 Å². The van der Waals surface area contributed by atoms with Crippen molar-refractivity contribution in [1.82, 2.24) is 5.32 Å². The number of halogens is 2. The Hall–Kier alpha value is -0.540. The Labute approximate surface area is 108 Å². The number of benzene rings is 1. The molecule has 1 amide bonds. The van der Waals surface area contributed by atoms with Crippen LogP contribution in [0.1, 0.15) is 25.3 Å². The second kappa shape index (κ2) is 4.38. The van der Waals surface area contributed by atoms with E-state index in [-0.39, 0.29) is 11.3 Å². The SMILES string of the molecule is CC(=O)NCC1(c2ccc(Br)cc2Cl)CC1. The number of rotatable bonds is 3. The van der Waals surface area contributed by atoms with Crippen molar-refractivity contribution >= 4 is 33.4 Å². The summed E-state index contributed by atoms with van der Waals surface area (Å²) in [5.41, 5.74) is 1.22. The lowest BCUT2D eigenvalue weighted by Gasteiger charge is -2.17. The highest BCUT2D eigenvalue weighted by Gasteiger charge is 2.45. The second-order valence-electron chi connectivity index (χ2n) is 4.31. The van der Waals surface area contributed by atoms with Gasteiger partial charge in [-0.2, -0.15) is 0 Å². The predicted octanol–water partition coefficient (Wildman–Crippen LogP) is 3.27. The first kappa shape index (κ1) is 11.9. The van der Waals surface area contributed by atoms with E-state index in [4.69, 9.17) is 11.6 Å². The minimum absolute atomic E-state index is 0.0134. The average Bonchev–Trinajstić information content (AvgIpc) is 2.96. The number of hydrogen-bond donors (Lipinski definition) is 1. The number of nitrogens with one attached hydrogen (secondary N) is 1. The highest BCUT2D eigenvalue weighted by atomic mass is 79.9. The van der Waals surface area contributed by atoms with E-state index in [1.807, 2.05) is 18.2 Å². The molecular formula is C12H13BrClNO. The molecule has 1 N–H and O–H groups in total. The van der Waals surface area contributed by atoms with Crippen LogP contribution >= 0.6 is 27.5 Å². The van der Waals surface area contributed by atoms with Gasteiger partial charge in [0.05, 0.1) is 0 Å². The molecule has 16 heavy (non-hydrogen) atoms. The molecule has 0 aromatic heterocycles. The van der Waals surface area contributed by atoms with Crippen molar-refractivity contribution in [2.75, 3.05) is 6.54 Å². The van der Waals surface area contributed by atoms with Gasteiger partial charge in [-0.15, -0.1) is 0 Å². The van der Waals surface area contributed by atoms with Gasteiger partial charge in [0.25, 0.3) is 0 Å². The first-order chi connectivity index (χ1) is 7.53. The quantitative estimate of drug-likeness (QED) is 0.912. The zero-order valence-corrected chi connectivity index (χ0v) is 11.4.